The van der Waals surface area contributed by atoms with Gasteiger partial charge in [0.15, 0.2) is 0 Å². The zero-order valence-corrected chi connectivity index (χ0v) is 29.3. The van der Waals surface area contributed by atoms with E-state index in [1.807, 2.05) is 22.7 Å². The molecule has 0 amide bonds. The van der Waals surface area contributed by atoms with E-state index in [0.717, 1.165) is 22.1 Å². The minimum atomic E-state index is 1.16. The SMILES string of the molecule is c1ccc2c(c1)[nH]c1ccc3c(c12)-c1cc2sc4ccccc4c2cc1-c1cc2c(cc1-c1c-3ccc3[nH]c4ccccc4c13)sc1ccccc12. The smallest absolute Gasteiger partial charge is 0.0471 e. The maximum atomic E-state index is 3.79. The Morgan fingerprint density at radius 2 is 0.712 bits per heavy atom. The van der Waals surface area contributed by atoms with Crippen LogP contribution in [0.2, 0.25) is 0 Å². The summed E-state index contributed by atoms with van der Waals surface area (Å²) in [5, 5.41) is 10.4. The van der Waals surface area contributed by atoms with E-state index >= 15 is 0 Å². The monoisotopic (exact) mass is 694 g/mol. The fourth-order valence-electron chi connectivity index (χ4n) is 9.29. The molecule has 12 aromatic rings. The van der Waals surface area contributed by atoms with Gasteiger partial charge in [-0.3, -0.25) is 0 Å². The van der Waals surface area contributed by atoms with Crippen LogP contribution in [0.5, 0.6) is 0 Å². The minimum absolute atomic E-state index is 1.16. The second kappa shape index (κ2) is 9.77. The van der Waals surface area contributed by atoms with Crippen molar-refractivity contribution in [3.05, 3.63) is 146 Å². The molecule has 52 heavy (non-hydrogen) atoms. The molecule has 0 aliphatic heterocycles. The van der Waals surface area contributed by atoms with Gasteiger partial charge in [0, 0.05) is 95.1 Å². The maximum Gasteiger partial charge on any atom is 0.0471 e. The lowest BCUT2D eigenvalue weighted by molar-refractivity contribution is 1.53. The van der Waals surface area contributed by atoms with Crippen LogP contribution >= 0.6 is 22.7 Å². The summed E-state index contributed by atoms with van der Waals surface area (Å²) in [6, 6.07) is 54.7. The molecule has 0 saturated carbocycles. The summed E-state index contributed by atoms with van der Waals surface area (Å²) in [6.45, 7) is 0. The zero-order chi connectivity index (χ0) is 33.7. The molecule has 0 saturated heterocycles. The van der Waals surface area contributed by atoms with Crippen LogP contribution in [0.15, 0.2) is 146 Å². The number of para-hydroxylation sites is 2. The van der Waals surface area contributed by atoms with Gasteiger partial charge in [0.2, 0.25) is 0 Å². The third kappa shape index (κ3) is 3.48. The molecule has 1 aliphatic carbocycles. The lowest BCUT2D eigenvalue weighted by Gasteiger charge is -2.25. The van der Waals surface area contributed by atoms with E-state index in [1.54, 1.807) is 0 Å². The Bertz CT molecular complexity index is 3300. The third-order valence-corrected chi connectivity index (χ3v) is 13.8. The summed E-state index contributed by atoms with van der Waals surface area (Å²) in [7, 11) is 0. The van der Waals surface area contributed by atoms with E-state index in [9.17, 15) is 0 Å². The lowest BCUT2D eigenvalue weighted by Crippen LogP contribution is -1.98. The Kier molecular flexibility index (Phi) is 5.17. The van der Waals surface area contributed by atoms with E-state index in [-0.39, 0.29) is 0 Å². The second-order valence-corrected chi connectivity index (χ2v) is 16.3. The van der Waals surface area contributed by atoms with Gasteiger partial charge in [0.1, 0.15) is 0 Å². The van der Waals surface area contributed by atoms with Crippen molar-refractivity contribution >= 4 is 107 Å². The Morgan fingerprint density at radius 3 is 1.19 bits per heavy atom. The number of benzene rings is 8. The van der Waals surface area contributed by atoms with Gasteiger partial charge in [-0.05, 0) is 94.0 Å². The maximum absolute atomic E-state index is 3.79. The Morgan fingerprint density at radius 1 is 0.288 bits per heavy atom. The van der Waals surface area contributed by atoms with E-state index in [1.165, 1.54) is 106 Å². The minimum Gasteiger partial charge on any atom is -0.354 e. The summed E-state index contributed by atoms with van der Waals surface area (Å²) in [6.07, 6.45) is 0. The second-order valence-electron chi connectivity index (χ2n) is 14.1. The number of hydrogen-bond acceptors (Lipinski definition) is 2. The first-order valence-electron chi connectivity index (χ1n) is 17.8. The first-order valence-corrected chi connectivity index (χ1v) is 19.4. The molecule has 4 aromatic heterocycles. The fraction of sp³-hybridized carbons (Fsp3) is 0. The van der Waals surface area contributed by atoms with Crippen LogP contribution in [0.4, 0.5) is 0 Å². The molecule has 0 bridgehead atoms. The Hall–Kier alpha value is -6.20. The number of rotatable bonds is 0. The molecule has 8 aromatic carbocycles. The number of aromatic amines is 2. The van der Waals surface area contributed by atoms with E-state index in [2.05, 4.69) is 156 Å². The third-order valence-electron chi connectivity index (χ3n) is 11.5. The molecule has 0 radical (unpaired) electrons. The summed E-state index contributed by atoms with van der Waals surface area (Å²) >= 11 is 3.80. The normalized spacial score (nSPS) is 12.6. The molecule has 4 heterocycles. The highest BCUT2D eigenvalue weighted by atomic mass is 32.1. The van der Waals surface area contributed by atoms with Gasteiger partial charge >= 0.3 is 0 Å². The molecule has 2 nitrogen and oxygen atoms in total. The quantitative estimate of drug-likeness (QED) is 0.158. The van der Waals surface area contributed by atoms with Gasteiger partial charge in [-0.25, -0.2) is 0 Å². The average Bonchev–Trinajstić information content (AvgIpc) is 3.95. The van der Waals surface area contributed by atoms with Crippen LogP contribution in [-0.2, 0) is 0 Å². The highest BCUT2D eigenvalue weighted by Gasteiger charge is 2.29. The summed E-state index contributed by atoms with van der Waals surface area (Å²) in [5.74, 6) is 0. The molecular formula is C48H26N2S2. The van der Waals surface area contributed by atoms with Crippen molar-refractivity contribution in [3.8, 4) is 44.5 Å². The van der Waals surface area contributed by atoms with Crippen LogP contribution in [0.1, 0.15) is 0 Å². The van der Waals surface area contributed by atoms with E-state index in [4.69, 9.17) is 0 Å². The molecule has 0 spiro atoms. The summed E-state index contributed by atoms with van der Waals surface area (Å²) in [5.41, 5.74) is 14.9. The van der Waals surface area contributed by atoms with Gasteiger partial charge in [0.25, 0.3) is 0 Å². The van der Waals surface area contributed by atoms with Gasteiger partial charge in [-0.15, -0.1) is 22.7 Å². The molecule has 13 rings (SSSR count). The number of thiophene rings is 2. The lowest BCUT2D eigenvalue weighted by atomic mass is 9.77. The molecule has 2 N–H and O–H groups in total. The number of H-pyrrole nitrogens is 2. The number of fused-ring (bicyclic) bond motifs is 22. The Labute approximate surface area is 305 Å². The standard InChI is InChI=1S/C48H26N2S2/c1-5-13-37-29(11-1)47-39(49-37)19-17-27-28-18-20-40-48(30-12-2-6-14-38(30)50-40)46(28)36-24-44-34(26-10-4-8-16-42(26)52-44)22-32(36)31-21-33-25-9-3-7-15-41(25)51-43(33)23-35(31)45(27)47/h1-24,49-50H. The average molecular weight is 695 g/mol. The number of aromatic nitrogens is 2. The first-order chi connectivity index (χ1) is 25.8. The van der Waals surface area contributed by atoms with Crippen molar-refractivity contribution in [3.63, 3.8) is 0 Å². The van der Waals surface area contributed by atoms with E-state index < -0.39 is 0 Å². The van der Waals surface area contributed by atoms with Gasteiger partial charge < -0.3 is 9.97 Å². The van der Waals surface area contributed by atoms with Crippen LogP contribution in [0.25, 0.3) is 128 Å². The molecule has 4 heteroatoms. The molecule has 0 unspecified atom stereocenters. The predicted octanol–water partition coefficient (Wildman–Crippen LogP) is 14.7. The number of nitrogens with one attached hydrogen (secondary N) is 2. The van der Waals surface area contributed by atoms with Crippen LogP contribution in [0.3, 0.4) is 0 Å². The largest absolute Gasteiger partial charge is 0.354 e. The highest BCUT2D eigenvalue weighted by molar-refractivity contribution is 7.26. The zero-order valence-electron chi connectivity index (χ0n) is 27.7. The van der Waals surface area contributed by atoms with Crippen molar-refractivity contribution < 1.29 is 0 Å². The number of hydrogen-bond donors (Lipinski definition) is 2. The van der Waals surface area contributed by atoms with Gasteiger partial charge in [-0.1, -0.05) is 84.9 Å². The summed E-state index contributed by atoms with van der Waals surface area (Å²) < 4.78 is 5.28. The van der Waals surface area contributed by atoms with Crippen molar-refractivity contribution in [1.82, 2.24) is 9.97 Å². The first kappa shape index (κ1) is 27.5. The molecule has 240 valence electrons. The van der Waals surface area contributed by atoms with Crippen LogP contribution in [0, 0.1) is 0 Å². The molecule has 1 aliphatic rings. The van der Waals surface area contributed by atoms with Crippen molar-refractivity contribution in [2.75, 3.05) is 0 Å². The van der Waals surface area contributed by atoms with Crippen molar-refractivity contribution in [2.45, 2.75) is 0 Å². The predicted molar refractivity (Wildman–Crippen MR) is 226 cm³/mol. The summed E-state index contributed by atoms with van der Waals surface area (Å²) in [4.78, 5) is 7.57. The Balaban J connectivity index is 1.32. The van der Waals surface area contributed by atoms with Gasteiger partial charge in [-0.2, -0.15) is 0 Å². The van der Waals surface area contributed by atoms with E-state index in [0.29, 0.717) is 0 Å². The van der Waals surface area contributed by atoms with Gasteiger partial charge in [0.05, 0.1) is 0 Å². The van der Waals surface area contributed by atoms with Crippen molar-refractivity contribution in [1.29, 1.82) is 0 Å². The van der Waals surface area contributed by atoms with Crippen molar-refractivity contribution in [2.24, 2.45) is 0 Å². The molecule has 0 fully saturated rings. The highest BCUT2D eigenvalue weighted by Crippen LogP contribution is 2.56. The van der Waals surface area contributed by atoms with Crippen LogP contribution < -0.4 is 0 Å². The topological polar surface area (TPSA) is 31.6 Å². The molecule has 0 atom stereocenters. The van der Waals surface area contributed by atoms with Crippen LogP contribution in [-0.4, -0.2) is 9.97 Å². The fourth-order valence-corrected chi connectivity index (χ4v) is 11.5. The molecular weight excluding hydrogens is 669 g/mol.